The van der Waals surface area contributed by atoms with E-state index < -0.39 is 0 Å². The molecule has 0 fully saturated rings. The third-order valence-corrected chi connectivity index (χ3v) is 4.88. The third kappa shape index (κ3) is 3.03. The molecule has 1 N–H and O–H groups in total. The molecular formula is C17H18N4OS. The van der Waals surface area contributed by atoms with E-state index in [1.165, 1.54) is 11.3 Å². The molecular weight excluding hydrogens is 308 g/mol. The van der Waals surface area contributed by atoms with Gasteiger partial charge < -0.3 is 9.88 Å². The normalized spacial score (nSPS) is 12.1. The van der Waals surface area contributed by atoms with Crippen LogP contribution in [-0.4, -0.2) is 20.7 Å². The van der Waals surface area contributed by atoms with Crippen LogP contribution < -0.4 is 5.32 Å². The molecule has 1 unspecified atom stereocenters. The van der Waals surface area contributed by atoms with Gasteiger partial charge in [0.1, 0.15) is 11.9 Å². The second kappa shape index (κ2) is 6.34. The van der Waals surface area contributed by atoms with Crippen LogP contribution in [0.15, 0.2) is 41.8 Å². The minimum Gasteiger partial charge on any atom is -0.337 e. The van der Waals surface area contributed by atoms with Crippen molar-refractivity contribution in [3.8, 4) is 0 Å². The molecule has 3 aromatic rings. The number of aryl methyl sites for hydroxylation is 2. The molecule has 1 aromatic carbocycles. The first-order valence-electron chi connectivity index (χ1n) is 7.33. The maximum absolute atomic E-state index is 12.6. The molecule has 0 aliphatic heterocycles. The molecule has 1 amide bonds. The van der Waals surface area contributed by atoms with Crippen molar-refractivity contribution in [2.75, 3.05) is 0 Å². The van der Waals surface area contributed by atoms with Gasteiger partial charge in [-0.15, -0.1) is 21.5 Å². The second-order valence-corrected chi connectivity index (χ2v) is 6.33. The standard InChI is InChI=1S/C17H18N4OS/c1-11-9-10-23-15(11)17(22)18-14(13-7-5-4-6-8-13)16-20-19-12(2)21(16)3/h4-10,14H,1-3H3,(H,18,22). The van der Waals surface area contributed by atoms with Crippen LogP contribution in [0.3, 0.4) is 0 Å². The lowest BCUT2D eigenvalue weighted by Crippen LogP contribution is -2.31. The Morgan fingerprint density at radius 2 is 1.91 bits per heavy atom. The maximum atomic E-state index is 12.6. The summed E-state index contributed by atoms with van der Waals surface area (Å²) in [5, 5.41) is 13.4. The first-order chi connectivity index (χ1) is 11.1. The number of thiophene rings is 1. The van der Waals surface area contributed by atoms with Crippen LogP contribution in [0.25, 0.3) is 0 Å². The Balaban J connectivity index is 1.98. The predicted octanol–water partition coefficient (Wildman–Crippen LogP) is 3.01. The summed E-state index contributed by atoms with van der Waals surface area (Å²) in [6.45, 7) is 3.83. The van der Waals surface area contributed by atoms with Crippen molar-refractivity contribution in [3.63, 3.8) is 0 Å². The molecule has 23 heavy (non-hydrogen) atoms. The molecule has 3 rings (SSSR count). The lowest BCUT2D eigenvalue weighted by Gasteiger charge is -2.18. The highest BCUT2D eigenvalue weighted by atomic mass is 32.1. The molecule has 2 heterocycles. The highest BCUT2D eigenvalue weighted by Gasteiger charge is 2.24. The number of nitrogens with zero attached hydrogens (tertiary/aromatic N) is 3. The monoisotopic (exact) mass is 326 g/mol. The number of aromatic nitrogens is 3. The van der Waals surface area contributed by atoms with E-state index in [9.17, 15) is 4.79 Å². The topological polar surface area (TPSA) is 59.8 Å². The van der Waals surface area contributed by atoms with E-state index in [1.54, 1.807) is 0 Å². The van der Waals surface area contributed by atoms with Crippen LogP contribution in [0.2, 0.25) is 0 Å². The van der Waals surface area contributed by atoms with E-state index in [-0.39, 0.29) is 11.9 Å². The number of carbonyl (C=O) groups excluding carboxylic acids is 1. The molecule has 5 nitrogen and oxygen atoms in total. The Kier molecular flexibility index (Phi) is 4.25. The molecule has 0 radical (unpaired) electrons. The number of nitrogens with one attached hydrogen (secondary N) is 1. The van der Waals surface area contributed by atoms with Crippen molar-refractivity contribution < 1.29 is 4.79 Å². The largest absolute Gasteiger partial charge is 0.337 e. The quantitative estimate of drug-likeness (QED) is 0.802. The molecule has 118 valence electrons. The number of hydrogen-bond donors (Lipinski definition) is 1. The van der Waals surface area contributed by atoms with E-state index in [2.05, 4.69) is 15.5 Å². The zero-order valence-corrected chi connectivity index (χ0v) is 14.1. The summed E-state index contributed by atoms with van der Waals surface area (Å²) in [5.74, 6) is 1.44. The van der Waals surface area contributed by atoms with E-state index in [4.69, 9.17) is 0 Å². The summed E-state index contributed by atoms with van der Waals surface area (Å²) in [7, 11) is 1.91. The SMILES string of the molecule is Cc1ccsc1C(=O)NC(c1ccccc1)c1nnc(C)n1C. The van der Waals surface area contributed by atoms with Crippen molar-refractivity contribution in [3.05, 3.63) is 69.4 Å². The smallest absolute Gasteiger partial charge is 0.262 e. The van der Waals surface area contributed by atoms with Crippen LogP contribution in [0.1, 0.15) is 38.5 Å². The summed E-state index contributed by atoms with van der Waals surface area (Å²) in [6.07, 6.45) is 0. The first-order valence-corrected chi connectivity index (χ1v) is 8.21. The van der Waals surface area contributed by atoms with Crippen LogP contribution in [0, 0.1) is 13.8 Å². The summed E-state index contributed by atoms with van der Waals surface area (Å²) in [4.78, 5) is 13.4. The molecule has 2 aromatic heterocycles. The van der Waals surface area contributed by atoms with Crippen molar-refractivity contribution in [1.29, 1.82) is 0 Å². The van der Waals surface area contributed by atoms with Gasteiger partial charge in [0, 0.05) is 7.05 Å². The van der Waals surface area contributed by atoms with Gasteiger partial charge in [0.25, 0.3) is 5.91 Å². The van der Waals surface area contributed by atoms with Crippen molar-refractivity contribution >= 4 is 17.2 Å². The van der Waals surface area contributed by atoms with Crippen LogP contribution in [0.4, 0.5) is 0 Å². The number of carbonyl (C=O) groups is 1. The summed E-state index contributed by atoms with van der Waals surface area (Å²) < 4.78 is 1.90. The van der Waals surface area contributed by atoms with Crippen LogP contribution in [0.5, 0.6) is 0 Å². The fourth-order valence-corrected chi connectivity index (χ4v) is 3.25. The molecule has 0 bridgehead atoms. The average Bonchev–Trinajstić information content (AvgIpc) is 3.13. The van der Waals surface area contributed by atoms with Gasteiger partial charge in [-0.3, -0.25) is 4.79 Å². The number of benzene rings is 1. The highest BCUT2D eigenvalue weighted by molar-refractivity contribution is 7.12. The Labute approximate surface area is 139 Å². The minimum atomic E-state index is -0.337. The van der Waals surface area contributed by atoms with Gasteiger partial charge in [-0.05, 0) is 36.4 Å². The Hall–Kier alpha value is -2.47. The molecule has 0 saturated carbocycles. The predicted molar refractivity (Wildman–Crippen MR) is 90.5 cm³/mol. The summed E-state index contributed by atoms with van der Waals surface area (Å²) in [5.41, 5.74) is 1.96. The van der Waals surface area contributed by atoms with Crippen molar-refractivity contribution in [1.82, 2.24) is 20.1 Å². The Morgan fingerprint density at radius 1 is 1.17 bits per heavy atom. The average molecular weight is 326 g/mol. The minimum absolute atomic E-state index is 0.0907. The zero-order chi connectivity index (χ0) is 16.4. The van der Waals surface area contributed by atoms with E-state index >= 15 is 0 Å². The van der Waals surface area contributed by atoms with Gasteiger partial charge in [-0.25, -0.2) is 0 Å². The zero-order valence-electron chi connectivity index (χ0n) is 13.3. The molecule has 6 heteroatoms. The van der Waals surface area contributed by atoms with Gasteiger partial charge in [-0.2, -0.15) is 0 Å². The van der Waals surface area contributed by atoms with Crippen LogP contribution >= 0.6 is 11.3 Å². The molecule has 0 aliphatic carbocycles. The van der Waals surface area contributed by atoms with Gasteiger partial charge in [-0.1, -0.05) is 30.3 Å². The highest BCUT2D eigenvalue weighted by Crippen LogP contribution is 2.23. The summed E-state index contributed by atoms with van der Waals surface area (Å²) in [6, 6.07) is 11.4. The Morgan fingerprint density at radius 3 is 2.48 bits per heavy atom. The van der Waals surface area contributed by atoms with Gasteiger partial charge in [0.2, 0.25) is 0 Å². The van der Waals surface area contributed by atoms with Crippen molar-refractivity contribution in [2.24, 2.45) is 7.05 Å². The van der Waals surface area contributed by atoms with E-state index in [0.29, 0.717) is 0 Å². The molecule has 0 saturated heterocycles. The molecule has 1 atom stereocenters. The van der Waals surface area contributed by atoms with E-state index in [1.807, 2.05) is 67.2 Å². The molecule has 0 spiro atoms. The maximum Gasteiger partial charge on any atom is 0.262 e. The second-order valence-electron chi connectivity index (χ2n) is 5.41. The van der Waals surface area contributed by atoms with Gasteiger partial charge >= 0.3 is 0 Å². The Bertz CT molecular complexity index is 822. The van der Waals surface area contributed by atoms with Crippen LogP contribution in [-0.2, 0) is 7.05 Å². The van der Waals surface area contributed by atoms with Gasteiger partial charge in [0.05, 0.1) is 4.88 Å². The number of rotatable bonds is 4. The fourth-order valence-electron chi connectivity index (χ4n) is 2.42. The van der Waals surface area contributed by atoms with Crippen molar-refractivity contribution in [2.45, 2.75) is 19.9 Å². The van der Waals surface area contributed by atoms with Gasteiger partial charge in [0.15, 0.2) is 5.82 Å². The summed E-state index contributed by atoms with van der Waals surface area (Å²) >= 11 is 1.44. The van der Waals surface area contributed by atoms with E-state index in [0.717, 1.165) is 27.7 Å². The lowest BCUT2D eigenvalue weighted by molar-refractivity contribution is 0.0944. The lowest BCUT2D eigenvalue weighted by atomic mass is 10.1. The third-order valence-electron chi connectivity index (χ3n) is 3.86. The number of hydrogen-bond acceptors (Lipinski definition) is 4. The molecule has 0 aliphatic rings. The first kappa shape index (κ1) is 15.4. The fraction of sp³-hybridized carbons (Fsp3) is 0.235. The number of amides is 1.